The Balaban J connectivity index is 1.34. The zero-order chi connectivity index (χ0) is 35.6. The molecular weight excluding hydrogens is 624 g/mol. The van der Waals surface area contributed by atoms with E-state index in [1.807, 2.05) is 69.3 Å². The molecule has 0 aliphatic heterocycles. The zero-order valence-corrected chi connectivity index (χ0v) is 28.6. The fraction of sp³-hybridized carbons (Fsp3) is 0.462. The zero-order valence-electron chi connectivity index (χ0n) is 28.6. The van der Waals surface area contributed by atoms with Crippen molar-refractivity contribution in [1.82, 2.24) is 5.32 Å². The molecule has 0 saturated heterocycles. The number of hydrogen-bond acceptors (Lipinski definition) is 9. The Bertz CT molecular complexity index is 1790. The first-order valence-corrected chi connectivity index (χ1v) is 16.8. The fourth-order valence-electron chi connectivity index (χ4n) is 9.70. The Hall–Kier alpha value is -4.09. The van der Waals surface area contributed by atoms with E-state index < -0.39 is 63.9 Å². The highest BCUT2D eigenvalue weighted by molar-refractivity contribution is 6.09. The van der Waals surface area contributed by atoms with E-state index in [1.165, 1.54) is 6.07 Å². The summed E-state index contributed by atoms with van der Waals surface area (Å²) >= 11 is 0. The van der Waals surface area contributed by atoms with Crippen LogP contribution in [0, 0.1) is 34.5 Å². The van der Waals surface area contributed by atoms with Crippen LogP contribution in [0.3, 0.4) is 0 Å². The number of hydrogen-bond donors (Lipinski definition) is 6. The summed E-state index contributed by atoms with van der Waals surface area (Å²) in [7, 11) is 1.64. The van der Waals surface area contributed by atoms with Gasteiger partial charge in [0.25, 0.3) is 0 Å². The molecule has 2 saturated carbocycles. The smallest absolute Gasteiger partial charge is 0.230 e. The third-order valence-corrected chi connectivity index (χ3v) is 11.7. The minimum Gasteiger partial charge on any atom is -0.507 e. The maximum atomic E-state index is 14.4. The minimum absolute atomic E-state index is 0.0478. The Kier molecular flexibility index (Phi) is 8.76. The monoisotopic (exact) mass is 670 g/mol. The van der Waals surface area contributed by atoms with Crippen LogP contribution in [0.2, 0.25) is 0 Å². The van der Waals surface area contributed by atoms with E-state index >= 15 is 0 Å². The molecule has 2 fully saturated rings. The fourth-order valence-corrected chi connectivity index (χ4v) is 9.70. The Morgan fingerprint density at radius 1 is 0.980 bits per heavy atom. The lowest BCUT2D eigenvalue weighted by molar-refractivity contribution is -0.265. The van der Waals surface area contributed by atoms with Crippen LogP contribution in [-0.4, -0.2) is 62.8 Å². The highest BCUT2D eigenvalue weighted by Gasteiger charge is 2.75. The first kappa shape index (κ1) is 34.8. The number of rotatable bonds is 8. The quantitative estimate of drug-likeness (QED) is 0.196. The molecule has 3 aliphatic carbocycles. The van der Waals surface area contributed by atoms with Gasteiger partial charge in [-0.25, -0.2) is 0 Å². The summed E-state index contributed by atoms with van der Waals surface area (Å²) in [4.78, 5) is 40.8. The van der Waals surface area contributed by atoms with Crippen molar-refractivity contribution in [3.8, 4) is 22.6 Å². The molecule has 49 heavy (non-hydrogen) atoms. The molecule has 0 bridgehead atoms. The van der Waals surface area contributed by atoms with E-state index in [2.05, 4.69) is 5.32 Å². The van der Waals surface area contributed by atoms with Gasteiger partial charge in [-0.15, -0.1) is 0 Å². The Morgan fingerprint density at radius 2 is 1.57 bits per heavy atom. The van der Waals surface area contributed by atoms with Gasteiger partial charge < -0.3 is 36.2 Å². The number of fused-ring (bicyclic) bond motifs is 3. The summed E-state index contributed by atoms with van der Waals surface area (Å²) < 4.78 is 5.22. The van der Waals surface area contributed by atoms with Gasteiger partial charge in [-0.2, -0.15) is 0 Å². The number of amides is 1. The number of phenolic OH excluding ortho intramolecular Hbond substituents is 1. The minimum atomic E-state index is -2.54. The number of primary amides is 1. The third kappa shape index (κ3) is 5.28. The average molecular weight is 671 g/mol. The van der Waals surface area contributed by atoms with Crippen LogP contribution in [0.1, 0.15) is 61.2 Å². The van der Waals surface area contributed by atoms with Crippen LogP contribution in [0.15, 0.2) is 60.7 Å². The van der Waals surface area contributed by atoms with Gasteiger partial charge >= 0.3 is 0 Å². The molecular formula is C39H46N2O8. The van der Waals surface area contributed by atoms with Gasteiger partial charge in [0.1, 0.15) is 23.5 Å². The normalized spacial score (nSPS) is 32.3. The standard InChI is InChI=1S/C39H46N2O8/c1-20(2)30-33(44)29(36(40)47)34(45)39(48)35(46)31-32(43)28-26(16-37(31,3)19-38(30,39)4)25(14-15-27(28)42)23-10-6-21(7-11-23)17-41-18-22-8-12-24(49-5)13-9-22/h6-15,20,29-31,33,35,41-42,44,46,48H,16-19H2,1-5H3,(H2,40,47)/t29-,30+,31-,33?,35?,37-,38-,39+/m1/s1. The second-order valence-corrected chi connectivity index (χ2v) is 15.1. The number of aromatic hydroxyl groups is 1. The molecule has 3 aliphatic rings. The molecule has 6 rings (SSSR count). The molecule has 260 valence electrons. The van der Waals surface area contributed by atoms with Crippen molar-refractivity contribution >= 4 is 17.5 Å². The number of methoxy groups -OCH3 is 1. The lowest BCUT2D eigenvalue weighted by Gasteiger charge is -2.66. The Labute approximate surface area is 286 Å². The third-order valence-electron chi connectivity index (χ3n) is 11.7. The second kappa shape index (κ2) is 12.4. The number of benzene rings is 3. The van der Waals surface area contributed by atoms with E-state index in [0.717, 1.165) is 28.0 Å². The number of carbonyl (C=O) groups excluding carboxylic acids is 3. The molecule has 10 heteroatoms. The van der Waals surface area contributed by atoms with Crippen molar-refractivity contribution in [2.45, 2.75) is 71.4 Å². The van der Waals surface area contributed by atoms with Crippen molar-refractivity contribution < 1.29 is 39.5 Å². The molecule has 7 N–H and O–H groups in total. The van der Waals surface area contributed by atoms with Crippen LogP contribution >= 0.6 is 0 Å². The molecule has 3 aromatic rings. The number of phenols is 1. The van der Waals surface area contributed by atoms with E-state index in [-0.39, 0.29) is 30.1 Å². The van der Waals surface area contributed by atoms with Crippen LogP contribution in [-0.2, 0) is 29.1 Å². The number of ether oxygens (including phenoxy) is 1. The van der Waals surface area contributed by atoms with Gasteiger partial charge in [0, 0.05) is 18.5 Å². The predicted octanol–water partition coefficient (Wildman–Crippen LogP) is 3.54. The number of ketones is 2. The van der Waals surface area contributed by atoms with Crippen molar-refractivity contribution in [1.29, 1.82) is 0 Å². The van der Waals surface area contributed by atoms with Gasteiger partial charge in [0.15, 0.2) is 17.2 Å². The molecule has 3 aromatic carbocycles. The SMILES string of the molecule is COc1ccc(CNCc2ccc(-c3ccc(O)c4c3C[C@]3(C)C[C@]5(C)[C@@H](C(C)C)C(O)[C@@H](C(N)=O)C(=O)[C@]5(O)C(O)[C@H]3C4=O)cc2)cc1. The summed E-state index contributed by atoms with van der Waals surface area (Å²) in [6.07, 6.45) is -3.04. The van der Waals surface area contributed by atoms with E-state index in [0.29, 0.717) is 18.7 Å². The van der Waals surface area contributed by atoms with Gasteiger partial charge in [0.2, 0.25) is 5.91 Å². The van der Waals surface area contributed by atoms with Crippen LogP contribution in [0.25, 0.3) is 11.1 Å². The second-order valence-electron chi connectivity index (χ2n) is 15.1. The molecule has 0 heterocycles. The molecule has 0 radical (unpaired) electrons. The molecule has 0 aromatic heterocycles. The van der Waals surface area contributed by atoms with Gasteiger partial charge in [0.05, 0.1) is 24.7 Å². The summed E-state index contributed by atoms with van der Waals surface area (Å²) in [5.74, 6) is -6.32. The van der Waals surface area contributed by atoms with Crippen LogP contribution in [0.4, 0.5) is 0 Å². The lowest BCUT2D eigenvalue weighted by Crippen LogP contribution is -2.79. The number of nitrogens with two attached hydrogens (primary N) is 1. The van der Waals surface area contributed by atoms with E-state index in [9.17, 15) is 34.8 Å². The Morgan fingerprint density at radius 3 is 2.12 bits per heavy atom. The van der Waals surface area contributed by atoms with E-state index in [1.54, 1.807) is 20.1 Å². The van der Waals surface area contributed by atoms with Crippen LogP contribution < -0.4 is 15.8 Å². The van der Waals surface area contributed by atoms with Gasteiger partial charge in [-0.05, 0) is 76.1 Å². The topological polar surface area (TPSA) is 179 Å². The molecule has 10 nitrogen and oxygen atoms in total. The van der Waals surface area contributed by atoms with E-state index in [4.69, 9.17) is 10.5 Å². The highest BCUT2D eigenvalue weighted by Crippen LogP contribution is 2.66. The first-order chi connectivity index (χ1) is 23.1. The maximum absolute atomic E-state index is 14.4. The molecule has 1 amide bonds. The summed E-state index contributed by atoms with van der Waals surface area (Å²) in [6.45, 7) is 8.48. The van der Waals surface area contributed by atoms with Crippen molar-refractivity contribution in [2.24, 2.45) is 40.2 Å². The average Bonchev–Trinajstić information content (AvgIpc) is 3.03. The predicted molar refractivity (Wildman–Crippen MR) is 182 cm³/mol. The maximum Gasteiger partial charge on any atom is 0.230 e. The number of nitrogens with one attached hydrogen (secondary N) is 1. The van der Waals surface area contributed by atoms with Crippen LogP contribution in [0.5, 0.6) is 11.5 Å². The van der Waals surface area contributed by atoms with Crippen molar-refractivity contribution in [2.75, 3.05) is 7.11 Å². The summed E-state index contributed by atoms with van der Waals surface area (Å²) in [5.41, 5.74) is 5.09. The number of carbonyl (C=O) groups is 3. The number of aliphatic hydroxyl groups excluding tert-OH is 2. The van der Waals surface area contributed by atoms with Crippen molar-refractivity contribution in [3.05, 3.63) is 82.9 Å². The van der Waals surface area contributed by atoms with Crippen molar-refractivity contribution in [3.63, 3.8) is 0 Å². The molecule has 2 unspecified atom stereocenters. The highest BCUT2D eigenvalue weighted by atomic mass is 16.5. The summed E-state index contributed by atoms with van der Waals surface area (Å²) in [5, 5.41) is 50.2. The largest absolute Gasteiger partial charge is 0.507 e. The van der Waals surface area contributed by atoms with Gasteiger partial charge in [-0.1, -0.05) is 70.2 Å². The lowest BCUT2D eigenvalue weighted by atomic mass is 9.39. The number of Topliss-reactive ketones (excluding diaryl/α,β-unsaturated/α-hetero) is 2. The van der Waals surface area contributed by atoms with Gasteiger partial charge in [-0.3, -0.25) is 14.4 Å². The molecule has 8 atom stereocenters. The molecule has 0 spiro atoms. The number of aliphatic hydroxyl groups is 3. The first-order valence-electron chi connectivity index (χ1n) is 16.8. The summed E-state index contributed by atoms with van der Waals surface area (Å²) in [6, 6.07) is 19.1.